The Labute approximate surface area is 160 Å². The summed E-state index contributed by atoms with van der Waals surface area (Å²) in [5, 5.41) is 1.15. The number of rotatable bonds is 6. The maximum absolute atomic E-state index is 12.5. The predicted octanol–water partition coefficient (Wildman–Crippen LogP) is -0.615. The van der Waals surface area contributed by atoms with Crippen LogP contribution in [0, 0.1) is 0 Å². The molecule has 0 aliphatic heterocycles. The number of nitrogens with zero attached hydrogens (tertiary/aromatic N) is 3. The second-order valence-corrected chi connectivity index (χ2v) is 8.69. The average Bonchev–Trinajstić information content (AvgIpc) is 2.59. The molecule has 2 aromatic heterocycles. The van der Waals surface area contributed by atoms with Crippen LogP contribution < -0.4 is 25.2 Å². The standard InChI is InChI=1S/C13H16N6O7S2/c1-25-8-6-9(26-2)17-12(16-8)18-13(20)19-28(23,24)11-10(27(3,21)22)7(14)4-5-15-11/h4-6H,1-3H3,(H2,14,15)(H2,16,17,18,19,20). The van der Waals surface area contributed by atoms with Crippen LogP contribution in [-0.4, -0.2) is 58.3 Å². The van der Waals surface area contributed by atoms with Gasteiger partial charge in [0.05, 0.1) is 26.0 Å². The molecule has 0 aromatic carbocycles. The summed E-state index contributed by atoms with van der Waals surface area (Å²) in [6, 6.07) is 1.17. The summed E-state index contributed by atoms with van der Waals surface area (Å²) < 4.78 is 60.1. The van der Waals surface area contributed by atoms with Gasteiger partial charge in [-0.15, -0.1) is 0 Å². The Morgan fingerprint density at radius 1 is 1.11 bits per heavy atom. The van der Waals surface area contributed by atoms with Crippen LogP contribution in [0.15, 0.2) is 28.3 Å². The van der Waals surface area contributed by atoms with Crippen LogP contribution >= 0.6 is 0 Å². The largest absolute Gasteiger partial charge is 0.481 e. The molecule has 0 atom stereocenters. The second-order valence-electron chi connectivity index (χ2n) is 5.14. The number of nitrogen functional groups attached to an aromatic ring is 1. The lowest BCUT2D eigenvalue weighted by atomic mass is 10.4. The number of carbonyl (C=O) groups is 1. The van der Waals surface area contributed by atoms with Gasteiger partial charge in [0.15, 0.2) is 14.9 Å². The van der Waals surface area contributed by atoms with E-state index < -0.39 is 35.8 Å². The van der Waals surface area contributed by atoms with Gasteiger partial charge in [-0.3, -0.25) is 5.32 Å². The maximum atomic E-state index is 12.5. The number of sulfone groups is 1. The molecule has 2 rings (SSSR count). The molecular formula is C13H16N6O7S2. The van der Waals surface area contributed by atoms with Gasteiger partial charge < -0.3 is 15.2 Å². The number of sulfonamides is 1. The van der Waals surface area contributed by atoms with E-state index >= 15 is 0 Å². The molecule has 2 amide bonds. The Morgan fingerprint density at radius 2 is 1.68 bits per heavy atom. The Kier molecular flexibility index (Phi) is 5.89. The second kappa shape index (κ2) is 7.81. The molecule has 28 heavy (non-hydrogen) atoms. The van der Waals surface area contributed by atoms with E-state index in [-0.39, 0.29) is 23.4 Å². The summed E-state index contributed by atoms with van der Waals surface area (Å²) in [7, 11) is -6.13. The highest BCUT2D eigenvalue weighted by Gasteiger charge is 2.29. The highest BCUT2D eigenvalue weighted by atomic mass is 32.2. The molecule has 0 saturated heterocycles. The first kappa shape index (κ1) is 21.1. The van der Waals surface area contributed by atoms with Crippen LogP contribution in [0.1, 0.15) is 0 Å². The van der Waals surface area contributed by atoms with Gasteiger partial charge in [0.25, 0.3) is 10.0 Å². The molecule has 13 nitrogen and oxygen atoms in total. The van der Waals surface area contributed by atoms with Crippen LogP contribution in [0.2, 0.25) is 0 Å². The van der Waals surface area contributed by atoms with Crippen LogP contribution in [0.3, 0.4) is 0 Å². The van der Waals surface area contributed by atoms with Gasteiger partial charge in [0.1, 0.15) is 4.90 Å². The molecule has 0 fully saturated rings. The van der Waals surface area contributed by atoms with Crippen molar-refractivity contribution >= 4 is 37.5 Å². The van der Waals surface area contributed by atoms with Crippen molar-refractivity contribution in [1.29, 1.82) is 0 Å². The Bertz CT molecular complexity index is 1100. The Balaban J connectivity index is 2.34. The van der Waals surface area contributed by atoms with Crippen LogP contribution in [0.5, 0.6) is 11.8 Å². The molecular weight excluding hydrogens is 416 g/mol. The molecule has 0 unspecified atom stereocenters. The summed E-state index contributed by atoms with van der Waals surface area (Å²) in [6.07, 6.45) is 1.75. The number of aromatic nitrogens is 3. The first-order chi connectivity index (χ1) is 13.0. The van der Waals surface area contributed by atoms with Gasteiger partial charge in [-0.1, -0.05) is 0 Å². The van der Waals surface area contributed by atoms with Gasteiger partial charge in [-0.05, 0) is 6.07 Å². The van der Waals surface area contributed by atoms with Crippen LogP contribution in [-0.2, 0) is 19.9 Å². The molecule has 0 saturated carbocycles. The third-order valence-electron chi connectivity index (χ3n) is 3.08. The van der Waals surface area contributed by atoms with Crippen molar-refractivity contribution in [3.05, 3.63) is 18.3 Å². The molecule has 0 aliphatic rings. The van der Waals surface area contributed by atoms with Crippen LogP contribution in [0.25, 0.3) is 0 Å². The average molecular weight is 432 g/mol. The van der Waals surface area contributed by atoms with Crippen molar-refractivity contribution in [2.24, 2.45) is 0 Å². The quantitative estimate of drug-likeness (QED) is 0.527. The number of pyridine rings is 1. The van der Waals surface area contributed by atoms with Crippen molar-refractivity contribution in [1.82, 2.24) is 19.7 Å². The highest BCUT2D eigenvalue weighted by molar-refractivity contribution is 7.93. The lowest BCUT2D eigenvalue weighted by Crippen LogP contribution is -2.36. The Morgan fingerprint density at radius 3 is 2.18 bits per heavy atom. The minimum atomic E-state index is -4.70. The Hall–Kier alpha value is -3.20. The van der Waals surface area contributed by atoms with E-state index in [9.17, 15) is 21.6 Å². The van der Waals surface area contributed by atoms with Crippen LogP contribution in [0.4, 0.5) is 16.4 Å². The fourth-order valence-electron chi connectivity index (χ4n) is 1.97. The number of urea groups is 1. The third-order valence-corrected chi connectivity index (χ3v) is 5.65. The van der Waals surface area contributed by atoms with E-state index in [1.54, 1.807) is 4.72 Å². The summed E-state index contributed by atoms with van der Waals surface area (Å²) in [4.78, 5) is 22.5. The number of nitrogens with two attached hydrogens (primary N) is 1. The molecule has 4 N–H and O–H groups in total. The lowest BCUT2D eigenvalue weighted by Gasteiger charge is -2.12. The number of carbonyl (C=O) groups excluding carboxylic acids is 1. The van der Waals surface area contributed by atoms with Crippen molar-refractivity contribution in [2.75, 3.05) is 31.5 Å². The highest BCUT2D eigenvalue weighted by Crippen LogP contribution is 2.24. The molecule has 2 aromatic rings. The minimum absolute atomic E-state index is 0.0434. The zero-order valence-corrected chi connectivity index (χ0v) is 16.5. The number of hydrogen-bond donors (Lipinski definition) is 3. The molecule has 15 heteroatoms. The topological polar surface area (TPSA) is 193 Å². The van der Waals surface area contributed by atoms with E-state index in [1.807, 2.05) is 0 Å². The zero-order chi connectivity index (χ0) is 21.1. The number of hydrogen-bond acceptors (Lipinski definition) is 11. The number of methoxy groups -OCH3 is 2. The van der Waals surface area contributed by atoms with Gasteiger partial charge in [-0.2, -0.15) is 18.4 Å². The first-order valence-electron chi connectivity index (χ1n) is 7.23. The zero-order valence-electron chi connectivity index (χ0n) is 14.8. The van der Waals surface area contributed by atoms with Gasteiger partial charge >= 0.3 is 6.03 Å². The molecule has 2 heterocycles. The number of nitrogens with one attached hydrogen (secondary N) is 2. The monoisotopic (exact) mass is 432 g/mol. The number of anilines is 2. The van der Waals surface area contributed by atoms with Crippen molar-refractivity contribution in [3.63, 3.8) is 0 Å². The summed E-state index contributed by atoms with van der Waals surface area (Å²) in [5.74, 6) is -0.239. The van der Waals surface area contributed by atoms with E-state index in [1.165, 1.54) is 20.3 Å². The summed E-state index contributed by atoms with van der Waals surface area (Å²) >= 11 is 0. The predicted molar refractivity (Wildman–Crippen MR) is 96.2 cm³/mol. The van der Waals surface area contributed by atoms with Gasteiger partial charge in [0, 0.05) is 12.5 Å². The van der Waals surface area contributed by atoms with Gasteiger partial charge in [-0.25, -0.2) is 22.9 Å². The molecule has 152 valence electrons. The fraction of sp³-hybridized carbons (Fsp3) is 0.231. The third kappa shape index (κ3) is 4.74. The van der Waals surface area contributed by atoms with Crippen molar-refractivity contribution in [2.45, 2.75) is 9.92 Å². The lowest BCUT2D eigenvalue weighted by molar-refractivity contribution is 0.256. The number of amides is 2. The van der Waals surface area contributed by atoms with Crippen molar-refractivity contribution in [3.8, 4) is 11.8 Å². The molecule has 0 radical (unpaired) electrons. The van der Waals surface area contributed by atoms with E-state index in [2.05, 4.69) is 20.3 Å². The van der Waals surface area contributed by atoms with E-state index in [4.69, 9.17) is 15.2 Å². The maximum Gasteiger partial charge on any atom is 0.335 e. The first-order valence-corrected chi connectivity index (χ1v) is 10.6. The minimum Gasteiger partial charge on any atom is -0.481 e. The fourth-order valence-corrected chi connectivity index (χ4v) is 4.58. The smallest absolute Gasteiger partial charge is 0.335 e. The number of ether oxygens (including phenoxy) is 2. The normalized spacial score (nSPS) is 11.5. The summed E-state index contributed by atoms with van der Waals surface area (Å²) in [6.45, 7) is 0. The molecule has 0 spiro atoms. The van der Waals surface area contributed by atoms with Crippen molar-refractivity contribution < 1.29 is 31.1 Å². The molecule has 0 aliphatic carbocycles. The van der Waals surface area contributed by atoms with E-state index in [0.717, 1.165) is 18.5 Å². The molecule has 0 bridgehead atoms. The van der Waals surface area contributed by atoms with E-state index in [0.29, 0.717) is 0 Å². The summed E-state index contributed by atoms with van der Waals surface area (Å²) in [5.41, 5.74) is 5.23. The van der Waals surface area contributed by atoms with Gasteiger partial charge in [0.2, 0.25) is 17.7 Å². The SMILES string of the molecule is COc1cc(OC)nc(NC(=O)NS(=O)(=O)c2nccc(N)c2S(C)(=O)=O)n1.